The van der Waals surface area contributed by atoms with Gasteiger partial charge < -0.3 is 5.11 Å². The molecule has 1 aliphatic rings. The van der Waals surface area contributed by atoms with Crippen LogP contribution >= 0.6 is 0 Å². The third kappa shape index (κ3) is 1.25. The zero-order valence-corrected chi connectivity index (χ0v) is 5.18. The van der Waals surface area contributed by atoms with Gasteiger partial charge in [-0.2, -0.15) is 0 Å². The van der Waals surface area contributed by atoms with E-state index in [9.17, 15) is 5.11 Å². The van der Waals surface area contributed by atoms with Crippen molar-refractivity contribution in [1.82, 2.24) is 0 Å². The summed E-state index contributed by atoms with van der Waals surface area (Å²) in [5.74, 6) is 1.08. The highest BCUT2D eigenvalue weighted by Gasteiger charge is 2.02. The molecule has 0 aromatic rings. The fourth-order valence-corrected chi connectivity index (χ4v) is 0.941. The SMILES string of the molecule is CC1CC=C([O-])CC1. The molecule has 1 heteroatoms. The molecule has 0 aromatic carbocycles. The van der Waals surface area contributed by atoms with Gasteiger partial charge in [0.15, 0.2) is 0 Å². The van der Waals surface area contributed by atoms with Gasteiger partial charge in [-0.05, 0) is 25.2 Å². The Morgan fingerprint density at radius 2 is 2.50 bits per heavy atom. The molecule has 0 aliphatic heterocycles. The molecule has 1 rings (SSSR count). The minimum Gasteiger partial charge on any atom is -0.876 e. The van der Waals surface area contributed by atoms with Crippen LogP contribution in [0.3, 0.4) is 0 Å². The lowest BCUT2D eigenvalue weighted by atomic mass is 9.96. The Balaban J connectivity index is 2.42. The standard InChI is InChI=1S/C7H12O/c1-6-2-4-7(8)5-3-6/h4,6,8H,2-3,5H2,1H3/p-1. The van der Waals surface area contributed by atoms with Crippen molar-refractivity contribution < 1.29 is 5.11 Å². The van der Waals surface area contributed by atoms with Crippen LogP contribution in [-0.4, -0.2) is 0 Å². The second-order valence-corrected chi connectivity index (χ2v) is 2.55. The largest absolute Gasteiger partial charge is 0.876 e. The monoisotopic (exact) mass is 111 g/mol. The molecular formula is C7H11O-. The first kappa shape index (κ1) is 5.67. The third-order valence-electron chi connectivity index (χ3n) is 1.63. The highest BCUT2D eigenvalue weighted by atomic mass is 16.3. The molecule has 0 amide bonds. The molecule has 0 spiro atoms. The summed E-state index contributed by atoms with van der Waals surface area (Å²) in [6, 6.07) is 0. The van der Waals surface area contributed by atoms with Gasteiger partial charge in [0.05, 0.1) is 0 Å². The van der Waals surface area contributed by atoms with E-state index in [1.807, 2.05) is 6.08 Å². The Bertz CT molecular complexity index is 105. The van der Waals surface area contributed by atoms with Gasteiger partial charge in [0, 0.05) is 0 Å². The topological polar surface area (TPSA) is 23.1 Å². The van der Waals surface area contributed by atoms with Crippen LogP contribution in [0, 0.1) is 5.92 Å². The lowest BCUT2D eigenvalue weighted by molar-refractivity contribution is -0.308. The van der Waals surface area contributed by atoms with Crippen molar-refractivity contribution in [2.45, 2.75) is 26.2 Å². The molecule has 0 radical (unpaired) electrons. The van der Waals surface area contributed by atoms with E-state index in [4.69, 9.17) is 0 Å². The minimum atomic E-state index is 0.336. The summed E-state index contributed by atoms with van der Waals surface area (Å²) in [5, 5.41) is 10.6. The quantitative estimate of drug-likeness (QED) is 0.458. The number of hydrogen-bond acceptors (Lipinski definition) is 1. The molecule has 0 N–H and O–H groups in total. The maximum Gasteiger partial charge on any atom is -0.0331 e. The first-order valence-electron chi connectivity index (χ1n) is 3.15. The van der Waals surface area contributed by atoms with Gasteiger partial charge in [0.25, 0.3) is 0 Å². The van der Waals surface area contributed by atoms with E-state index < -0.39 is 0 Å². The Hall–Kier alpha value is -0.460. The zero-order valence-electron chi connectivity index (χ0n) is 5.18. The summed E-state index contributed by atoms with van der Waals surface area (Å²) in [5.41, 5.74) is 0. The molecule has 0 fully saturated rings. The van der Waals surface area contributed by atoms with Gasteiger partial charge in [-0.25, -0.2) is 0 Å². The van der Waals surface area contributed by atoms with E-state index in [2.05, 4.69) is 6.92 Å². The fraction of sp³-hybridized carbons (Fsp3) is 0.714. The van der Waals surface area contributed by atoms with Gasteiger partial charge in [0.2, 0.25) is 0 Å². The van der Waals surface area contributed by atoms with Gasteiger partial charge in [-0.3, -0.25) is 0 Å². The van der Waals surface area contributed by atoms with Crippen molar-refractivity contribution in [2.24, 2.45) is 5.92 Å². The van der Waals surface area contributed by atoms with Crippen LogP contribution in [0.5, 0.6) is 0 Å². The Morgan fingerprint density at radius 3 is 2.88 bits per heavy atom. The summed E-state index contributed by atoms with van der Waals surface area (Å²) in [6.07, 6.45) is 4.68. The van der Waals surface area contributed by atoms with E-state index in [1.165, 1.54) is 0 Å². The molecule has 0 aromatic heterocycles. The highest BCUT2D eigenvalue weighted by molar-refractivity contribution is 4.94. The summed E-state index contributed by atoms with van der Waals surface area (Å²) in [4.78, 5) is 0. The highest BCUT2D eigenvalue weighted by Crippen LogP contribution is 2.18. The predicted molar refractivity (Wildman–Crippen MR) is 31.1 cm³/mol. The van der Waals surface area contributed by atoms with Gasteiger partial charge >= 0.3 is 0 Å². The molecule has 1 unspecified atom stereocenters. The second-order valence-electron chi connectivity index (χ2n) is 2.55. The maximum atomic E-state index is 10.6. The summed E-state index contributed by atoms with van der Waals surface area (Å²) in [7, 11) is 0. The first-order valence-corrected chi connectivity index (χ1v) is 3.15. The number of rotatable bonds is 0. The minimum absolute atomic E-state index is 0.336. The Labute approximate surface area is 50.0 Å². The van der Waals surface area contributed by atoms with Crippen molar-refractivity contribution in [2.75, 3.05) is 0 Å². The molecule has 1 aliphatic carbocycles. The van der Waals surface area contributed by atoms with Crippen LogP contribution in [0.25, 0.3) is 0 Å². The predicted octanol–water partition coefficient (Wildman–Crippen LogP) is 1.05. The molecule has 0 saturated carbocycles. The van der Waals surface area contributed by atoms with Crippen molar-refractivity contribution in [3.63, 3.8) is 0 Å². The van der Waals surface area contributed by atoms with Crippen LogP contribution in [0.1, 0.15) is 26.2 Å². The van der Waals surface area contributed by atoms with Gasteiger partial charge in [-0.1, -0.05) is 13.0 Å². The van der Waals surface area contributed by atoms with Crippen LogP contribution in [-0.2, 0) is 0 Å². The first-order chi connectivity index (χ1) is 3.79. The van der Waals surface area contributed by atoms with Gasteiger partial charge in [-0.15, -0.1) is 5.76 Å². The van der Waals surface area contributed by atoms with Crippen LogP contribution in [0.4, 0.5) is 0 Å². The lowest BCUT2D eigenvalue weighted by Crippen LogP contribution is -2.10. The van der Waals surface area contributed by atoms with E-state index in [1.54, 1.807) is 0 Å². The van der Waals surface area contributed by atoms with E-state index in [0.717, 1.165) is 25.2 Å². The van der Waals surface area contributed by atoms with Crippen molar-refractivity contribution in [1.29, 1.82) is 0 Å². The Kier molecular flexibility index (Phi) is 1.56. The molecule has 1 nitrogen and oxygen atoms in total. The normalized spacial score (nSPS) is 29.6. The van der Waals surface area contributed by atoms with Gasteiger partial charge in [0.1, 0.15) is 0 Å². The van der Waals surface area contributed by atoms with Crippen molar-refractivity contribution in [3.05, 3.63) is 11.8 Å². The molecule has 0 bridgehead atoms. The summed E-state index contributed by atoms with van der Waals surface area (Å²) >= 11 is 0. The fourth-order valence-electron chi connectivity index (χ4n) is 0.941. The lowest BCUT2D eigenvalue weighted by Gasteiger charge is -2.20. The Morgan fingerprint density at radius 1 is 1.75 bits per heavy atom. The molecule has 1 atom stereocenters. The molecule has 8 heavy (non-hydrogen) atoms. The smallest absolute Gasteiger partial charge is 0.0331 e. The number of hydrogen-bond donors (Lipinski definition) is 0. The number of allylic oxidation sites excluding steroid dienone is 2. The van der Waals surface area contributed by atoms with Crippen LogP contribution in [0.2, 0.25) is 0 Å². The van der Waals surface area contributed by atoms with Crippen LogP contribution in [0.15, 0.2) is 11.8 Å². The summed E-state index contributed by atoms with van der Waals surface area (Å²) < 4.78 is 0. The second kappa shape index (κ2) is 2.21. The van der Waals surface area contributed by atoms with E-state index >= 15 is 0 Å². The van der Waals surface area contributed by atoms with Crippen molar-refractivity contribution in [3.8, 4) is 0 Å². The van der Waals surface area contributed by atoms with Crippen LogP contribution < -0.4 is 5.11 Å². The van der Waals surface area contributed by atoms with Crippen molar-refractivity contribution >= 4 is 0 Å². The molecule has 46 valence electrons. The molecule has 0 saturated heterocycles. The van der Waals surface area contributed by atoms with E-state index in [0.29, 0.717) is 5.76 Å². The molecular weight excluding hydrogens is 100 g/mol. The average molecular weight is 111 g/mol. The zero-order chi connectivity index (χ0) is 5.98. The summed E-state index contributed by atoms with van der Waals surface area (Å²) in [6.45, 7) is 2.18. The average Bonchev–Trinajstić information content (AvgIpc) is 1.77. The molecule has 0 heterocycles. The van der Waals surface area contributed by atoms with E-state index in [-0.39, 0.29) is 0 Å². The maximum absolute atomic E-state index is 10.6. The third-order valence-corrected chi connectivity index (χ3v) is 1.63.